The van der Waals surface area contributed by atoms with Crippen molar-refractivity contribution < 1.29 is 0 Å². The Hall–Kier alpha value is -2.12. The lowest BCUT2D eigenvalue weighted by molar-refractivity contribution is 0.727. The fourth-order valence-corrected chi connectivity index (χ4v) is 4.82. The van der Waals surface area contributed by atoms with E-state index in [9.17, 15) is 4.79 Å². The van der Waals surface area contributed by atoms with Crippen molar-refractivity contribution in [2.45, 2.75) is 31.7 Å². The smallest absolute Gasteiger partial charge is 0.262 e. The molecule has 5 nitrogen and oxygen atoms in total. The average Bonchev–Trinajstić information content (AvgIpc) is 3.12. The van der Waals surface area contributed by atoms with Crippen LogP contribution in [0.25, 0.3) is 15.9 Å². The molecule has 0 radical (unpaired) electrons. The van der Waals surface area contributed by atoms with Crippen molar-refractivity contribution in [2.75, 3.05) is 0 Å². The molecule has 0 aliphatic rings. The summed E-state index contributed by atoms with van der Waals surface area (Å²) in [6.45, 7) is 6.08. The van der Waals surface area contributed by atoms with Crippen LogP contribution in [-0.2, 0) is 12.8 Å². The van der Waals surface area contributed by atoms with Crippen LogP contribution in [0.4, 0.5) is 0 Å². The van der Waals surface area contributed by atoms with Crippen molar-refractivity contribution >= 4 is 39.0 Å². The molecule has 4 aromatic rings. The van der Waals surface area contributed by atoms with E-state index in [2.05, 4.69) is 18.0 Å². The summed E-state index contributed by atoms with van der Waals surface area (Å²) in [7, 11) is 1.79. The Morgan fingerprint density at radius 1 is 1.24 bits per heavy atom. The molecule has 0 amide bonds. The monoisotopic (exact) mass is 370 g/mol. The third-order valence-electron chi connectivity index (χ3n) is 4.45. The molecule has 0 aromatic carbocycles. The summed E-state index contributed by atoms with van der Waals surface area (Å²) >= 11 is 3.13. The molecule has 0 spiro atoms. The van der Waals surface area contributed by atoms with E-state index < -0.39 is 0 Å². The molecule has 0 saturated heterocycles. The predicted molar refractivity (Wildman–Crippen MR) is 104 cm³/mol. The van der Waals surface area contributed by atoms with Gasteiger partial charge in [-0.3, -0.25) is 9.36 Å². The number of pyridine rings is 1. The Kier molecular flexibility index (Phi) is 3.92. The average molecular weight is 371 g/mol. The first-order valence-corrected chi connectivity index (χ1v) is 9.78. The van der Waals surface area contributed by atoms with Gasteiger partial charge in [-0.05, 0) is 38.0 Å². The number of thioether (sulfide) groups is 1. The highest BCUT2D eigenvalue weighted by Gasteiger charge is 2.15. The number of hydrogen-bond acceptors (Lipinski definition) is 5. The van der Waals surface area contributed by atoms with Crippen LogP contribution in [0.2, 0.25) is 0 Å². The van der Waals surface area contributed by atoms with E-state index in [0.717, 1.165) is 42.7 Å². The normalized spacial score (nSPS) is 11.7. The van der Waals surface area contributed by atoms with Crippen molar-refractivity contribution in [2.24, 2.45) is 7.05 Å². The van der Waals surface area contributed by atoms with E-state index in [-0.39, 0.29) is 5.56 Å². The van der Waals surface area contributed by atoms with Crippen LogP contribution in [0, 0.1) is 20.8 Å². The molecule has 0 aliphatic carbocycles. The first kappa shape index (κ1) is 16.4. The van der Waals surface area contributed by atoms with Crippen LogP contribution in [0.15, 0.2) is 34.5 Å². The second-order valence-electron chi connectivity index (χ2n) is 6.16. The van der Waals surface area contributed by atoms with E-state index in [4.69, 9.17) is 4.98 Å². The minimum Gasteiger partial charge on any atom is -0.307 e. The number of aryl methyl sites for hydroxylation is 3. The molecule has 0 aliphatic heterocycles. The van der Waals surface area contributed by atoms with E-state index >= 15 is 0 Å². The molecule has 7 heteroatoms. The Labute approximate surface area is 153 Å². The Morgan fingerprint density at radius 2 is 2.04 bits per heavy atom. The minimum absolute atomic E-state index is 0.0280. The molecular formula is C18H18N4OS2. The van der Waals surface area contributed by atoms with Crippen molar-refractivity contribution in [1.82, 2.24) is 18.9 Å². The van der Waals surface area contributed by atoms with Crippen molar-refractivity contribution in [3.8, 4) is 0 Å². The second kappa shape index (κ2) is 6.00. The van der Waals surface area contributed by atoms with E-state index in [1.165, 1.54) is 0 Å². The fraction of sp³-hybridized carbons (Fsp3) is 0.278. The third-order valence-corrected chi connectivity index (χ3v) is 6.61. The molecule has 0 atom stereocenters. The standard InChI is InChI=1S/C18H18N4OS2/c1-10-6-5-7-22-8-13(19-15(10)22)9-24-18-20-16-14(17(23)21(18)4)11(2)12(3)25-16/h5-8H,9H2,1-4H3. The maximum absolute atomic E-state index is 12.7. The second-order valence-corrected chi connectivity index (χ2v) is 8.31. The number of fused-ring (bicyclic) bond motifs is 2. The number of nitrogens with zero attached hydrogens (tertiary/aromatic N) is 4. The Balaban J connectivity index is 1.69. The number of thiophene rings is 1. The maximum Gasteiger partial charge on any atom is 0.262 e. The lowest BCUT2D eigenvalue weighted by atomic mass is 10.2. The van der Waals surface area contributed by atoms with Gasteiger partial charge in [-0.25, -0.2) is 9.97 Å². The summed E-state index contributed by atoms with van der Waals surface area (Å²) in [6, 6.07) is 4.07. The summed E-state index contributed by atoms with van der Waals surface area (Å²) in [5.41, 5.74) is 4.17. The van der Waals surface area contributed by atoms with Crippen LogP contribution in [0.3, 0.4) is 0 Å². The largest absolute Gasteiger partial charge is 0.307 e. The molecule has 0 saturated carbocycles. The quantitative estimate of drug-likeness (QED) is 0.406. The summed E-state index contributed by atoms with van der Waals surface area (Å²) < 4.78 is 3.68. The van der Waals surface area contributed by atoms with Crippen LogP contribution in [0.5, 0.6) is 0 Å². The summed E-state index contributed by atoms with van der Waals surface area (Å²) in [5.74, 6) is 0.677. The highest BCUT2D eigenvalue weighted by atomic mass is 32.2. The van der Waals surface area contributed by atoms with Gasteiger partial charge < -0.3 is 4.40 Å². The molecule has 0 bridgehead atoms. The zero-order valence-corrected chi connectivity index (χ0v) is 16.2. The van der Waals surface area contributed by atoms with Crippen LogP contribution in [-0.4, -0.2) is 18.9 Å². The summed E-state index contributed by atoms with van der Waals surface area (Å²) in [6.07, 6.45) is 4.03. The third kappa shape index (κ3) is 2.67. The zero-order chi connectivity index (χ0) is 17.7. The number of rotatable bonds is 3. The molecular weight excluding hydrogens is 352 g/mol. The number of imidazole rings is 1. The van der Waals surface area contributed by atoms with Gasteiger partial charge in [0, 0.05) is 30.1 Å². The van der Waals surface area contributed by atoms with Crippen molar-refractivity contribution in [3.05, 3.63) is 56.6 Å². The van der Waals surface area contributed by atoms with Gasteiger partial charge in [-0.1, -0.05) is 17.8 Å². The van der Waals surface area contributed by atoms with Gasteiger partial charge in [-0.15, -0.1) is 11.3 Å². The van der Waals surface area contributed by atoms with Crippen molar-refractivity contribution in [3.63, 3.8) is 0 Å². The maximum atomic E-state index is 12.7. The molecule has 4 rings (SSSR count). The summed E-state index contributed by atoms with van der Waals surface area (Å²) in [5, 5.41) is 1.48. The van der Waals surface area contributed by atoms with Crippen LogP contribution in [0.1, 0.15) is 21.7 Å². The molecule has 0 N–H and O–H groups in total. The molecule has 25 heavy (non-hydrogen) atoms. The lowest BCUT2D eigenvalue weighted by Gasteiger charge is -2.06. The van der Waals surface area contributed by atoms with E-state index in [1.54, 1.807) is 34.7 Å². The van der Waals surface area contributed by atoms with Gasteiger partial charge in [-0.2, -0.15) is 0 Å². The highest BCUT2D eigenvalue weighted by Crippen LogP contribution is 2.29. The van der Waals surface area contributed by atoms with Gasteiger partial charge in [0.2, 0.25) is 0 Å². The predicted octanol–water partition coefficient (Wildman–Crippen LogP) is 3.86. The van der Waals surface area contributed by atoms with Gasteiger partial charge >= 0.3 is 0 Å². The molecule has 4 aromatic heterocycles. The molecule has 4 heterocycles. The molecule has 0 unspecified atom stereocenters. The van der Waals surface area contributed by atoms with Gasteiger partial charge in [0.15, 0.2) is 5.16 Å². The Bertz CT molecular complexity index is 1170. The van der Waals surface area contributed by atoms with Crippen LogP contribution >= 0.6 is 23.1 Å². The van der Waals surface area contributed by atoms with E-state index in [0.29, 0.717) is 5.75 Å². The SMILES string of the molecule is Cc1sc2nc(SCc3cn4cccc(C)c4n3)n(C)c(=O)c2c1C. The van der Waals surface area contributed by atoms with Crippen molar-refractivity contribution in [1.29, 1.82) is 0 Å². The van der Waals surface area contributed by atoms with Gasteiger partial charge in [0.1, 0.15) is 10.5 Å². The Morgan fingerprint density at radius 3 is 2.80 bits per heavy atom. The first-order valence-electron chi connectivity index (χ1n) is 7.98. The highest BCUT2D eigenvalue weighted by molar-refractivity contribution is 7.98. The first-order chi connectivity index (χ1) is 12.0. The fourth-order valence-electron chi connectivity index (χ4n) is 2.90. The zero-order valence-electron chi connectivity index (χ0n) is 14.5. The topological polar surface area (TPSA) is 52.2 Å². The van der Waals surface area contributed by atoms with Gasteiger partial charge in [0.05, 0.1) is 11.1 Å². The number of aromatic nitrogens is 4. The summed E-state index contributed by atoms with van der Waals surface area (Å²) in [4.78, 5) is 24.1. The molecule has 128 valence electrons. The van der Waals surface area contributed by atoms with Gasteiger partial charge in [0.25, 0.3) is 5.56 Å². The lowest BCUT2D eigenvalue weighted by Crippen LogP contribution is -2.19. The van der Waals surface area contributed by atoms with Crippen LogP contribution < -0.4 is 5.56 Å². The van der Waals surface area contributed by atoms with E-state index in [1.807, 2.05) is 36.7 Å². The number of hydrogen-bond donors (Lipinski definition) is 0. The molecule has 0 fully saturated rings. The minimum atomic E-state index is 0.0280.